The summed E-state index contributed by atoms with van der Waals surface area (Å²) >= 11 is 0. The van der Waals surface area contributed by atoms with Crippen LogP contribution in [-0.2, 0) is 23.2 Å². The second-order valence-corrected chi connectivity index (χ2v) is 7.56. The molecule has 0 radical (unpaired) electrons. The Morgan fingerprint density at radius 3 is 2.16 bits per heavy atom. The van der Waals surface area contributed by atoms with Gasteiger partial charge in [0.05, 0.1) is 6.54 Å². The van der Waals surface area contributed by atoms with E-state index in [2.05, 4.69) is 38.2 Å². The molecule has 130 valence electrons. The van der Waals surface area contributed by atoms with Gasteiger partial charge in [0.1, 0.15) is 6.04 Å². The minimum atomic E-state index is -0.483. The van der Waals surface area contributed by atoms with Crippen LogP contribution in [0.15, 0.2) is 54.6 Å². The Morgan fingerprint density at radius 2 is 1.56 bits per heavy atom. The lowest BCUT2D eigenvalue weighted by Gasteiger charge is -2.20. The smallest absolute Gasteiger partial charge is 0.325 e. The van der Waals surface area contributed by atoms with E-state index in [4.69, 9.17) is 0 Å². The maximum Gasteiger partial charge on any atom is 0.325 e. The van der Waals surface area contributed by atoms with Crippen LogP contribution in [0.3, 0.4) is 0 Å². The highest BCUT2D eigenvalue weighted by molar-refractivity contribution is 6.04. The van der Waals surface area contributed by atoms with Crippen LogP contribution in [0.5, 0.6) is 0 Å². The van der Waals surface area contributed by atoms with Crippen molar-refractivity contribution in [3.05, 3.63) is 71.3 Å². The van der Waals surface area contributed by atoms with Crippen LogP contribution >= 0.6 is 0 Å². The number of imide groups is 1. The summed E-state index contributed by atoms with van der Waals surface area (Å²) in [6.07, 6.45) is 0.519. The van der Waals surface area contributed by atoms with Gasteiger partial charge in [-0.2, -0.15) is 0 Å². The van der Waals surface area contributed by atoms with E-state index < -0.39 is 6.04 Å². The van der Waals surface area contributed by atoms with Crippen molar-refractivity contribution in [1.29, 1.82) is 0 Å². The molecule has 1 atom stereocenters. The largest absolute Gasteiger partial charge is 0.325 e. The first-order valence-electron chi connectivity index (χ1n) is 8.60. The van der Waals surface area contributed by atoms with Crippen molar-refractivity contribution in [2.24, 2.45) is 0 Å². The summed E-state index contributed by atoms with van der Waals surface area (Å²) in [4.78, 5) is 26.1. The van der Waals surface area contributed by atoms with Crippen LogP contribution in [0, 0.1) is 0 Å². The van der Waals surface area contributed by atoms with Crippen LogP contribution in [0.25, 0.3) is 0 Å². The number of carbonyl (C=O) groups excluding carboxylic acids is 2. The lowest BCUT2D eigenvalue weighted by Crippen LogP contribution is -2.32. The quantitative estimate of drug-likeness (QED) is 0.867. The summed E-state index contributed by atoms with van der Waals surface area (Å²) in [6.45, 7) is 6.79. The summed E-state index contributed by atoms with van der Waals surface area (Å²) in [7, 11) is 0. The molecule has 2 aromatic rings. The van der Waals surface area contributed by atoms with Crippen molar-refractivity contribution in [2.75, 3.05) is 0 Å². The summed E-state index contributed by atoms with van der Waals surface area (Å²) in [5.41, 5.74) is 3.31. The summed E-state index contributed by atoms with van der Waals surface area (Å²) < 4.78 is 0. The zero-order valence-corrected chi connectivity index (χ0v) is 15.0. The second kappa shape index (κ2) is 6.71. The standard InChI is InChI=1S/C21H24N2O2/c1-21(2,3)17-11-9-16(10-12-17)14-23-19(24)18(22-20(23)25)13-15-7-5-4-6-8-15/h4-12,18H,13-14H2,1-3H3,(H,22,25). The topological polar surface area (TPSA) is 49.4 Å². The number of urea groups is 1. The van der Waals surface area contributed by atoms with Crippen molar-refractivity contribution in [3.8, 4) is 0 Å². The molecule has 4 nitrogen and oxygen atoms in total. The van der Waals surface area contributed by atoms with E-state index in [0.29, 0.717) is 13.0 Å². The molecule has 1 aliphatic heterocycles. The van der Waals surface area contributed by atoms with Crippen LogP contribution in [-0.4, -0.2) is 22.9 Å². The predicted octanol–water partition coefficient (Wildman–Crippen LogP) is 3.65. The lowest BCUT2D eigenvalue weighted by molar-refractivity contribution is -0.127. The van der Waals surface area contributed by atoms with Gasteiger partial charge in [-0.1, -0.05) is 75.4 Å². The average molecular weight is 336 g/mol. The number of benzene rings is 2. The van der Waals surface area contributed by atoms with Crippen LogP contribution < -0.4 is 5.32 Å². The number of hydrogen-bond acceptors (Lipinski definition) is 2. The highest BCUT2D eigenvalue weighted by Gasteiger charge is 2.37. The molecule has 3 amide bonds. The number of nitrogens with one attached hydrogen (secondary N) is 1. The first-order chi connectivity index (χ1) is 11.8. The minimum Gasteiger partial charge on any atom is -0.325 e. The van der Waals surface area contributed by atoms with Gasteiger partial charge in [0.25, 0.3) is 5.91 Å². The highest BCUT2D eigenvalue weighted by atomic mass is 16.2. The van der Waals surface area contributed by atoms with Crippen molar-refractivity contribution < 1.29 is 9.59 Å². The molecule has 1 saturated heterocycles. The van der Waals surface area contributed by atoms with Gasteiger partial charge in [-0.15, -0.1) is 0 Å². The van der Waals surface area contributed by atoms with Gasteiger partial charge in [0.15, 0.2) is 0 Å². The number of nitrogens with zero attached hydrogens (tertiary/aromatic N) is 1. The molecule has 0 bridgehead atoms. The Hall–Kier alpha value is -2.62. The van der Waals surface area contributed by atoms with Crippen molar-refractivity contribution in [2.45, 2.75) is 45.2 Å². The number of rotatable bonds is 4. The molecule has 25 heavy (non-hydrogen) atoms. The fourth-order valence-corrected chi connectivity index (χ4v) is 3.01. The van der Waals surface area contributed by atoms with E-state index in [1.165, 1.54) is 10.5 Å². The molecule has 0 spiro atoms. The maximum absolute atomic E-state index is 12.6. The van der Waals surface area contributed by atoms with Gasteiger partial charge < -0.3 is 5.32 Å². The van der Waals surface area contributed by atoms with E-state index in [1.54, 1.807) is 0 Å². The third-order valence-corrected chi connectivity index (χ3v) is 4.55. The van der Waals surface area contributed by atoms with Gasteiger partial charge in [-0.25, -0.2) is 4.79 Å². The van der Waals surface area contributed by atoms with E-state index in [1.807, 2.05) is 42.5 Å². The second-order valence-electron chi connectivity index (χ2n) is 7.56. The third-order valence-electron chi connectivity index (χ3n) is 4.55. The first kappa shape index (κ1) is 17.2. The van der Waals surface area contributed by atoms with Crippen LogP contribution in [0.1, 0.15) is 37.5 Å². The molecule has 1 fully saturated rings. The number of carbonyl (C=O) groups is 2. The Balaban J connectivity index is 1.68. The zero-order chi connectivity index (χ0) is 18.0. The molecular formula is C21H24N2O2. The highest BCUT2D eigenvalue weighted by Crippen LogP contribution is 2.23. The maximum atomic E-state index is 12.6. The van der Waals surface area contributed by atoms with E-state index >= 15 is 0 Å². The van der Waals surface area contributed by atoms with Crippen molar-refractivity contribution in [1.82, 2.24) is 10.2 Å². The van der Waals surface area contributed by atoms with E-state index in [9.17, 15) is 9.59 Å². The van der Waals surface area contributed by atoms with Gasteiger partial charge >= 0.3 is 6.03 Å². The molecule has 1 heterocycles. The molecular weight excluding hydrogens is 312 g/mol. The normalized spacial score (nSPS) is 17.7. The molecule has 3 rings (SSSR count). The van der Waals surface area contributed by atoms with Gasteiger partial charge in [-0.05, 0) is 22.1 Å². The Morgan fingerprint density at radius 1 is 0.920 bits per heavy atom. The average Bonchev–Trinajstić information content (AvgIpc) is 2.83. The molecule has 4 heteroatoms. The zero-order valence-electron chi connectivity index (χ0n) is 15.0. The Bertz CT molecular complexity index is 761. The van der Waals surface area contributed by atoms with Gasteiger partial charge in [0.2, 0.25) is 0 Å². The Kier molecular flexibility index (Phi) is 4.62. The SMILES string of the molecule is CC(C)(C)c1ccc(CN2C(=O)NC(Cc3ccccc3)C2=O)cc1. The molecule has 1 aliphatic rings. The van der Waals surface area contributed by atoms with E-state index in [-0.39, 0.29) is 17.4 Å². The first-order valence-corrected chi connectivity index (χ1v) is 8.60. The van der Waals surface area contributed by atoms with Crippen LogP contribution in [0.2, 0.25) is 0 Å². The summed E-state index contributed by atoms with van der Waals surface area (Å²) in [5, 5.41) is 2.80. The van der Waals surface area contributed by atoms with Crippen molar-refractivity contribution >= 4 is 11.9 Å². The van der Waals surface area contributed by atoms with Crippen molar-refractivity contribution in [3.63, 3.8) is 0 Å². The molecule has 1 N–H and O–H groups in total. The predicted molar refractivity (Wildman–Crippen MR) is 98.2 cm³/mol. The molecule has 0 aromatic heterocycles. The molecule has 0 aliphatic carbocycles. The summed E-state index contributed by atoms with van der Waals surface area (Å²) in [6, 6.07) is 17.1. The van der Waals surface area contributed by atoms with Crippen LogP contribution in [0.4, 0.5) is 4.79 Å². The third kappa shape index (κ3) is 3.90. The molecule has 2 aromatic carbocycles. The van der Waals surface area contributed by atoms with E-state index in [0.717, 1.165) is 11.1 Å². The number of hydrogen-bond donors (Lipinski definition) is 1. The number of amides is 3. The lowest BCUT2D eigenvalue weighted by atomic mass is 9.87. The minimum absolute atomic E-state index is 0.0835. The summed E-state index contributed by atoms with van der Waals surface area (Å²) in [5.74, 6) is -0.159. The molecule has 0 saturated carbocycles. The Labute approximate surface area is 148 Å². The molecule has 1 unspecified atom stereocenters. The fraction of sp³-hybridized carbons (Fsp3) is 0.333. The monoisotopic (exact) mass is 336 g/mol. The van der Waals surface area contributed by atoms with Gasteiger partial charge in [-0.3, -0.25) is 9.69 Å². The van der Waals surface area contributed by atoms with Gasteiger partial charge in [0, 0.05) is 6.42 Å². The fourth-order valence-electron chi connectivity index (χ4n) is 3.01.